The Bertz CT molecular complexity index is 443. The van der Waals surface area contributed by atoms with Crippen LogP contribution in [0.3, 0.4) is 0 Å². The van der Waals surface area contributed by atoms with Crippen LogP contribution in [-0.4, -0.2) is 45.4 Å². The van der Waals surface area contributed by atoms with Gasteiger partial charge in [-0.05, 0) is 6.92 Å². The smallest absolute Gasteiger partial charge is 0.273 e. The van der Waals surface area contributed by atoms with E-state index in [1.165, 1.54) is 17.3 Å². The molecule has 98 valence electrons. The SMILES string of the molecule is Cc1cnc(C(=O)N(C)CC(C)C(N)=NO)cn1. The molecule has 3 N–H and O–H groups in total. The van der Waals surface area contributed by atoms with Gasteiger partial charge in [-0.3, -0.25) is 9.78 Å². The first-order valence-corrected chi connectivity index (χ1v) is 5.47. The van der Waals surface area contributed by atoms with Gasteiger partial charge in [-0.25, -0.2) is 4.98 Å². The Labute approximate surface area is 105 Å². The maximum Gasteiger partial charge on any atom is 0.273 e. The normalized spacial score (nSPS) is 13.2. The molecule has 0 aliphatic carbocycles. The molecular formula is C11H17N5O2. The molecule has 0 saturated heterocycles. The molecular weight excluding hydrogens is 234 g/mol. The minimum absolute atomic E-state index is 0.0876. The van der Waals surface area contributed by atoms with Crippen molar-refractivity contribution in [2.45, 2.75) is 13.8 Å². The molecule has 1 aromatic rings. The summed E-state index contributed by atoms with van der Waals surface area (Å²) >= 11 is 0. The highest BCUT2D eigenvalue weighted by Crippen LogP contribution is 2.03. The number of hydrogen-bond acceptors (Lipinski definition) is 5. The second-order valence-corrected chi connectivity index (χ2v) is 4.15. The Balaban J connectivity index is 2.70. The van der Waals surface area contributed by atoms with E-state index in [-0.39, 0.29) is 23.4 Å². The number of amidine groups is 1. The van der Waals surface area contributed by atoms with E-state index in [0.29, 0.717) is 6.54 Å². The molecule has 1 heterocycles. The lowest BCUT2D eigenvalue weighted by molar-refractivity contribution is 0.0779. The zero-order valence-electron chi connectivity index (χ0n) is 10.7. The summed E-state index contributed by atoms with van der Waals surface area (Å²) in [6.45, 7) is 3.90. The quantitative estimate of drug-likeness (QED) is 0.345. The van der Waals surface area contributed by atoms with Crippen molar-refractivity contribution < 1.29 is 10.0 Å². The van der Waals surface area contributed by atoms with E-state index in [0.717, 1.165) is 5.69 Å². The summed E-state index contributed by atoms with van der Waals surface area (Å²) in [4.78, 5) is 21.5. The fraction of sp³-hybridized carbons (Fsp3) is 0.455. The van der Waals surface area contributed by atoms with Crippen LogP contribution in [0.25, 0.3) is 0 Å². The van der Waals surface area contributed by atoms with E-state index in [1.54, 1.807) is 20.9 Å². The molecule has 0 spiro atoms. The molecule has 0 aromatic carbocycles. The van der Waals surface area contributed by atoms with Crippen LogP contribution in [0.15, 0.2) is 17.5 Å². The van der Waals surface area contributed by atoms with Crippen LogP contribution in [0.5, 0.6) is 0 Å². The molecule has 1 amide bonds. The first-order valence-electron chi connectivity index (χ1n) is 5.47. The zero-order chi connectivity index (χ0) is 13.7. The number of hydrogen-bond donors (Lipinski definition) is 2. The third-order valence-electron chi connectivity index (χ3n) is 2.51. The van der Waals surface area contributed by atoms with Crippen LogP contribution in [0.2, 0.25) is 0 Å². The number of rotatable bonds is 4. The van der Waals surface area contributed by atoms with E-state index in [4.69, 9.17) is 10.9 Å². The van der Waals surface area contributed by atoms with Gasteiger partial charge in [0.2, 0.25) is 0 Å². The highest BCUT2D eigenvalue weighted by molar-refractivity contribution is 5.92. The second-order valence-electron chi connectivity index (χ2n) is 4.15. The summed E-state index contributed by atoms with van der Waals surface area (Å²) < 4.78 is 0. The van der Waals surface area contributed by atoms with E-state index in [9.17, 15) is 4.79 Å². The Morgan fingerprint density at radius 3 is 2.72 bits per heavy atom. The lowest BCUT2D eigenvalue weighted by Crippen LogP contribution is -2.36. The highest BCUT2D eigenvalue weighted by Gasteiger charge is 2.17. The molecule has 0 fully saturated rings. The molecule has 18 heavy (non-hydrogen) atoms. The van der Waals surface area contributed by atoms with Crippen molar-refractivity contribution in [3.63, 3.8) is 0 Å². The summed E-state index contributed by atoms with van der Waals surface area (Å²) in [5, 5.41) is 11.5. The van der Waals surface area contributed by atoms with Gasteiger partial charge < -0.3 is 15.8 Å². The number of nitrogens with zero attached hydrogens (tertiary/aromatic N) is 4. The third kappa shape index (κ3) is 3.41. The van der Waals surface area contributed by atoms with E-state index >= 15 is 0 Å². The second kappa shape index (κ2) is 5.95. The number of carbonyl (C=O) groups is 1. The molecule has 1 rings (SSSR count). The Morgan fingerprint density at radius 2 is 2.22 bits per heavy atom. The Kier molecular flexibility index (Phi) is 4.59. The molecule has 0 aliphatic heterocycles. The van der Waals surface area contributed by atoms with Gasteiger partial charge in [0.25, 0.3) is 5.91 Å². The minimum Gasteiger partial charge on any atom is -0.409 e. The minimum atomic E-state index is -0.250. The summed E-state index contributed by atoms with van der Waals surface area (Å²) in [5.41, 5.74) is 6.48. The van der Waals surface area contributed by atoms with Crippen LogP contribution in [-0.2, 0) is 0 Å². The van der Waals surface area contributed by atoms with Gasteiger partial charge in [0, 0.05) is 25.7 Å². The molecule has 1 unspecified atom stereocenters. The van der Waals surface area contributed by atoms with Gasteiger partial charge in [-0.2, -0.15) is 0 Å². The van der Waals surface area contributed by atoms with E-state index in [1.807, 2.05) is 0 Å². The van der Waals surface area contributed by atoms with Crippen LogP contribution in [0, 0.1) is 12.8 Å². The monoisotopic (exact) mass is 251 g/mol. The van der Waals surface area contributed by atoms with Crippen LogP contribution in [0.4, 0.5) is 0 Å². The summed E-state index contributed by atoms with van der Waals surface area (Å²) in [7, 11) is 1.63. The summed E-state index contributed by atoms with van der Waals surface area (Å²) in [5.74, 6) is -0.396. The maximum absolute atomic E-state index is 12.0. The number of oxime groups is 1. The molecule has 1 atom stereocenters. The van der Waals surface area contributed by atoms with Crippen LogP contribution < -0.4 is 5.73 Å². The largest absolute Gasteiger partial charge is 0.409 e. The van der Waals surface area contributed by atoms with Crippen molar-refractivity contribution in [2.75, 3.05) is 13.6 Å². The topological polar surface area (TPSA) is 105 Å². The van der Waals surface area contributed by atoms with Gasteiger partial charge >= 0.3 is 0 Å². The highest BCUT2D eigenvalue weighted by atomic mass is 16.4. The van der Waals surface area contributed by atoms with Crippen molar-refractivity contribution in [2.24, 2.45) is 16.8 Å². The average Bonchev–Trinajstić information content (AvgIpc) is 2.37. The lowest BCUT2D eigenvalue weighted by atomic mass is 10.1. The fourth-order valence-electron chi connectivity index (χ4n) is 1.38. The van der Waals surface area contributed by atoms with Crippen LogP contribution >= 0.6 is 0 Å². The predicted octanol–water partition coefficient (Wildman–Crippen LogP) is 0.240. The standard InChI is InChI=1S/C11H17N5O2/c1-7(10(12)15-18)6-16(3)11(17)9-5-13-8(2)4-14-9/h4-5,7,18H,6H2,1-3H3,(H2,12,15). The molecule has 0 aliphatic rings. The zero-order valence-corrected chi connectivity index (χ0v) is 10.7. The molecule has 1 aromatic heterocycles. The van der Waals surface area contributed by atoms with Gasteiger partial charge in [0.15, 0.2) is 0 Å². The number of aryl methyl sites for hydroxylation is 1. The van der Waals surface area contributed by atoms with Crippen molar-refractivity contribution in [1.82, 2.24) is 14.9 Å². The number of nitrogens with two attached hydrogens (primary N) is 1. The molecule has 7 heteroatoms. The number of carbonyl (C=O) groups excluding carboxylic acids is 1. The predicted molar refractivity (Wildman–Crippen MR) is 66.3 cm³/mol. The van der Waals surface area contributed by atoms with Crippen molar-refractivity contribution in [3.8, 4) is 0 Å². The van der Waals surface area contributed by atoms with Gasteiger partial charge in [-0.15, -0.1) is 0 Å². The van der Waals surface area contributed by atoms with E-state index in [2.05, 4.69) is 15.1 Å². The van der Waals surface area contributed by atoms with E-state index < -0.39 is 0 Å². The van der Waals surface area contributed by atoms with Crippen molar-refractivity contribution in [1.29, 1.82) is 0 Å². The fourth-order valence-corrected chi connectivity index (χ4v) is 1.38. The Hall–Kier alpha value is -2.18. The summed E-state index contributed by atoms with van der Waals surface area (Å²) in [6.07, 6.45) is 2.97. The van der Waals surface area contributed by atoms with Gasteiger partial charge in [0.05, 0.1) is 11.9 Å². The third-order valence-corrected chi connectivity index (χ3v) is 2.51. The number of aromatic nitrogens is 2. The van der Waals surface area contributed by atoms with Crippen molar-refractivity contribution >= 4 is 11.7 Å². The first kappa shape index (κ1) is 13.9. The lowest BCUT2D eigenvalue weighted by Gasteiger charge is -2.20. The van der Waals surface area contributed by atoms with Gasteiger partial charge in [0.1, 0.15) is 11.5 Å². The first-order chi connectivity index (χ1) is 8.45. The summed E-state index contributed by atoms with van der Waals surface area (Å²) in [6, 6.07) is 0. The van der Waals surface area contributed by atoms with Gasteiger partial charge in [-0.1, -0.05) is 12.1 Å². The molecule has 0 radical (unpaired) electrons. The molecule has 7 nitrogen and oxygen atoms in total. The average molecular weight is 251 g/mol. The number of amides is 1. The molecule has 0 saturated carbocycles. The Morgan fingerprint density at radius 1 is 1.56 bits per heavy atom. The van der Waals surface area contributed by atoms with Crippen molar-refractivity contribution in [3.05, 3.63) is 23.8 Å². The van der Waals surface area contributed by atoms with Crippen LogP contribution in [0.1, 0.15) is 23.1 Å². The maximum atomic E-state index is 12.0. The molecule has 0 bridgehead atoms.